The highest BCUT2D eigenvalue weighted by molar-refractivity contribution is 5.91. The molecule has 23 heavy (non-hydrogen) atoms. The van der Waals surface area contributed by atoms with Crippen molar-refractivity contribution < 1.29 is 24.2 Å². The number of fused-ring (bicyclic) bond motifs is 1. The molecule has 2 fully saturated rings. The van der Waals surface area contributed by atoms with Crippen LogP contribution in [0.1, 0.15) is 5.56 Å². The molecule has 3 aliphatic heterocycles. The van der Waals surface area contributed by atoms with E-state index in [4.69, 9.17) is 9.47 Å². The van der Waals surface area contributed by atoms with E-state index in [1.165, 1.54) is 7.11 Å². The number of phenols is 1. The van der Waals surface area contributed by atoms with Crippen LogP contribution in [0.3, 0.4) is 0 Å². The number of methoxy groups -OCH3 is 1. The molecule has 2 saturated heterocycles. The molecule has 0 radical (unpaired) electrons. The number of nitrogens with zero attached hydrogens (tertiary/aromatic N) is 1. The van der Waals surface area contributed by atoms with Crippen molar-refractivity contribution in [2.24, 2.45) is 11.8 Å². The highest BCUT2D eigenvalue weighted by Gasteiger charge is 2.67. The maximum Gasteiger partial charge on any atom is 0.312 e. The zero-order chi connectivity index (χ0) is 16.2. The van der Waals surface area contributed by atoms with E-state index in [1.54, 1.807) is 23.1 Å². The predicted molar refractivity (Wildman–Crippen MR) is 79.3 cm³/mol. The quantitative estimate of drug-likeness (QED) is 0.661. The van der Waals surface area contributed by atoms with Gasteiger partial charge in [0.2, 0.25) is 5.91 Å². The summed E-state index contributed by atoms with van der Waals surface area (Å²) in [5.41, 5.74) is 0.111. The number of likely N-dealkylation sites (tertiary alicyclic amines) is 1. The molecular weight excluding hydrogens is 298 g/mol. The minimum atomic E-state index is -0.725. The second-order valence-corrected chi connectivity index (χ2v) is 6.29. The molecule has 0 saturated carbocycles. The number of esters is 1. The Balaban J connectivity index is 1.61. The van der Waals surface area contributed by atoms with Gasteiger partial charge in [-0.3, -0.25) is 9.59 Å². The van der Waals surface area contributed by atoms with E-state index < -0.39 is 23.4 Å². The van der Waals surface area contributed by atoms with Crippen molar-refractivity contribution in [3.05, 3.63) is 42.0 Å². The van der Waals surface area contributed by atoms with Gasteiger partial charge in [0.05, 0.1) is 25.7 Å². The molecule has 0 aliphatic carbocycles. The number of phenolic OH excluding ortho intramolecular Hbond substituents is 1. The summed E-state index contributed by atoms with van der Waals surface area (Å²) in [6.07, 6.45) is 3.38. The number of carbonyl (C=O) groups is 2. The molecule has 2 bridgehead atoms. The minimum absolute atomic E-state index is 0.101. The first-order valence-electron chi connectivity index (χ1n) is 7.56. The Morgan fingerprint density at radius 2 is 2.35 bits per heavy atom. The monoisotopic (exact) mass is 315 g/mol. The van der Waals surface area contributed by atoms with Crippen molar-refractivity contribution >= 4 is 11.9 Å². The number of benzene rings is 1. The van der Waals surface area contributed by atoms with Gasteiger partial charge < -0.3 is 19.5 Å². The number of hydrogen-bond acceptors (Lipinski definition) is 5. The number of ether oxygens (including phenoxy) is 2. The van der Waals surface area contributed by atoms with Crippen LogP contribution in [0, 0.1) is 11.8 Å². The summed E-state index contributed by atoms with van der Waals surface area (Å²) in [6, 6.07) is 6.81. The number of aromatic hydroxyl groups is 1. The molecule has 1 spiro atoms. The topological polar surface area (TPSA) is 76.1 Å². The Hall–Kier alpha value is -2.34. The van der Waals surface area contributed by atoms with Crippen molar-refractivity contribution in [2.45, 2.75) is 18.2 Å². The summed E-state index contributed by atoms with van der Waals surface area (Å²) in [4.78, 5) is 26.6. The van der Waals surface area contributed by atoms with E-state index in [2.05, 4.69) is 0 Å². The molecule has 6 nitrogen and oxygen atoms in total. The van der Waals surface area contributed by atoms with E-state index >= 15 is 0 Å². The normalized spacial score (nSPS) is 34.0. The SMILES string of the molecule is COC(=O)[C@H]1[C@H]2C=C[C@@]3(CN(Cc4cccc(O)c4)C(=O)[C@@H]13)O2. The van der Waals surface area contributed by atoms with Crippen molar-refractivity contribution in [3.8, 4) is 5.75 Å². The van der Waals surface area contributed by atoms with Gasteiger partial charge in [0, 0.05) is 6.54 Å². The average molecular weight is 315 g/mol. The molecule has 4 atom stereocenters. The van der Waals surface area contributed by atoms with Gasteiger partial charge in [-0.1, -0.05) is 24.3 Å². The van der Waals surface area contributed by atoms with Crippen LogP contribution in [0.5, 0.6) is 5.75 Å². The molecule has 3 aliphatic rings. The van der Waals surface area contributed by atoms with Gasteiger partial charge in [0.1, 0.15) is 17.3 Å². The Kier molecular flexibility index (Phi) is 2.99. The summed E-state index contributed by atoms with van der Waals surface area (Å²) in [6.45, 7) is 0.786. The number of rotatable bonds is 3. The summed E-state index contributed by atoms with van der Waals surface area (Å²) in [5, 5.41) is 9.56. The fourth-order valence-corrected chi connectivity index (χ4v) is 3.99. The third kappa shape index (κ3) is 1.98. The second-order valence-electron chi connectivity index (χ2n) is 6.29. The Labute approximate surface area is 133 Å². The molecule has 0 aromatic heterocycles. The van der Waals surface area contributed by atoms with Gasteiger partial charge in [-0.05, 0) is 17.7 Å². The van der Waals surface area contributed by atoms with Gasteiger partial charge in [0.15, 0.2) is 0 Å². The highest BCUT2D eigenvalue weighted by atomic mass is 16.5. The van der Waals surface area contributed by atoms with Crippen molar-refractivity contribution in [2.75, 3.05) is 13.7 Å². The van der Waals surface area contributed by atoms with Crippen LogP contribution in [-0.4, -0.2) is 47.2 Å². The fourth-order valence-electron chi connectivity index (χ4n) is 3.99. The van der Waals surface area contributed by atoms with Crippen LogP contribution in [0.4, 0.5) is 0 Å². The van der Waals surface area contributed by atoms with E-state index in [9.17, 15) is 14.7 Å². The lowest BCUT2D eigenvalue weighted by Gasteiger charge is -2.22. The molecule has 3 heterocycles. The summed E-state index contributed by atoms with van der Waals surface area (Å²) in [7, 11) is 1.33. The number of carbonyl (C=O) groups excluding carboxylic acids is 2. The largest absolute Gasteiger partial charge is 0.508 e. The lowest BCUT2D eigenvalue weighted by Crippen LogP contribution is -2.39. The van der Waals surface area contributed by atoms with E-state index in [0.717, 1.165) is 5.56 Å². The molecule has 6 heteroatoms. The van der Waals surface area contributed by atoms with E-state index in [1.807, 2.05) is 18.2 Å². The van der Waals surface area contributed by atoms with Crippen LogP contribution in [0.2, 0.25) is 0 Å². The van der Waals surface area contributed by atoms with Crippen LogP contribution in [0.15, 0.2) is 36.4 Å². The van der Waals surface area contributed by atoms with Crippen molar-refractivity contribution in [1.82, 2.24) is 4.90 Å². The third-order valence-corrected chi connectivity index (χ3v) is 4.94. The van der Waals surface area contributed by atoms with Gasteiger partial charge >= 0.3 is 5.97 Å². The smallest absolute Gasteiger partial charge is 0.312 e. The minimum Gasteiger partial charge on any atom is -0.508 e. The average Bonchev–Trinajstić information content (AvgIpc) is 3.15. The van der Waals surface area contributed by atoms with Crippen LogP contribution < -0.4 is 0 Å². The molecule has 1 N–H and O–H groups in total. The standard InChI is InChI=1S/C17H17NO5/c1-22-16(21)13-12-5-6-17(23-12)9-18(15(20)14(13)17)8-10-3-2-4-11(19)7-10/h2-7,12-14,19H,8-9H2,1H3/t12-,13+,14-,17+/m1/s1. The second kappa shape index (κ2) is 4.83. The highest BCUT2D eigenvalue weighted by Crippen LogP contribution is 2.52. The molecule has 1 aromatic carbocycles. The zero-order valence-corrected chi connectivity index (χ0v) is 12.6. The van der Waals surface area contributed by atoms with Gasteiger partial charge in [-0.15, -0.1) is 0 Å². The first kappa shape index (κ1) is 14.3. The molecular formula is C17H17NO5. The van der Waals surface area contributed by atoms with Crippen LogP contribution in [0.25, 0.3) is 0 Å². The first-order valence-corrected chi connectivity index (χ1v) is 7.56. The molecule has 4 rings (SSSR count). The Morgan fingerprint density at radius 1 is 1.52 bits per heavy atom. The summed E-state index contributed by atoms with van der Waals surface area (Å²) in [5.74, 6) is -1.44. The maximum absolute atomic E-state index is 12.8. The van der Waals surface area contributed by atoms with Gasteiger partial charge in [-0.2, -0.15) is 0 Å². The Morgan fingerprint density at radius 3 is 3.09 bits per heavy atom. The van der Waals surface area contributed by atoms with E-state index in [-0.39, 0.29) is 17.8 Å². The molecule has 1 amide bonds. The summed E-state index contributed by atoms with van der Waals surface area (Å²) >= 11 is 0. The first-order chi connectivity index (χ1) is 11.0. The third-order valence-electron chi connectivity index (χ3n) is 4.94. The fraction of sp³-hybridized carbons (Fsp3) is 0.412. The number of amides is 1. The van der Waals surface area contributed by atoms with Gasteiger partial charge in [-0.25, -0.2) is 0 Å². The Bertz CT molecular complexity index is 715. The molecule has 1 aromatic rings. The molecule has 120 valence electrons. The predicted octanol–water partition coefficient (Wildman–Crippen LogP) is 0.847. The lowest BCUT2D eigenvalue weighted by atomic mass is 9.77. The van der Waals surface area contributed by atoms with Gasteiger partial charge in [0.25, 0.3) is 0 Å². The van der Waals surface area contributed by atoms with Crippen LogP contribution in [-0.2, 0) is 25.6 Å². The maximum atomic E-state index is 12.8. The van der Waals surface area contributed by atoms with Crippen molar-refractivity contribution in [1.29, 1.82) is 0 Å². The molecule has 0 unspecified atom stereocenters. The lowest BCUT2D eigenvalue weighted by molar-refractivity contribution is -0.151. The van der Waals surface area contributed by atoms with Crippen LogP contribution >= 0.6 is 0 Å². The van der Waals surface area contributed by atoms with Crippen molar-refractivity contribution in [3.63, 3.8) is 0 Å². The zero-order valence-electron chi connectivity index (χ0n) is 12.6. The van der Waals surface area contributed by atoms with E-state index in [0.29, 0.717) is 13.1 Å². The number of hydrogen-bond donors (Lipinski definition) is 1. The summed E-state index contributed by atoms with van der Waals surface area (Å²) < 4.78 is 10.8.